The molecule has 0 N–H and O–H groups in total. The van der Waals surface area contributed by atoms with Crippen molar-refractivity contribution in [3.8, 4) is 0 Å². The van der Waals surface area contributed by atoms with E-state index >= 15 is 0 Å². The van der Waals surface area contributed by atoms with E-state index in [9.17, 15) is 4.79 Å². The average molecular weight is 384 g/mol. The van der Waals surface area contributed by atoms with Crippen LogP contribution in [0.4, 0.5) is 0 Å². The molecule has 0 bridgehead atoms. The molecule has 4 heterocycles. The van der Waals surface area contributed by atoms with Gasteiger partial charge in [0, 0.05) is 43.0 Å². The molecule has 152 valence electrons. The Bertz CT molecular complexity index is 865. The molecule has 2 saturated heterocycles. The first-order valence-corrected chi connectivity index (χ1v) is 10.8. The van der Waals surface area contributed by atoms with Crippen LogP contribution in [0.1, 0.15) is 74.6 Å². The van der Waals surface area contributed by atoms with Crippen LogP contribution >= 0.6 is 0 Å². The second kappa shape index (κ2) is 7.82. The summed E-state index contributed by atoms with van der Waals surface area (Å²) in [6.07, 6.45) is 5.98. The van der Waals surface area contributed by atoms with E-state index in [1.807, 2.05) is 9.42 Å². The molecule has 0 radical (unpaired) electrons. The highest BCUT2D eigenvalue weighted by Gasteiger charge is 2.30. The van der Waals surface area contributed by atoms with Gasteiger partial charge in [-0.15, -0.1) is 0 Å². The van der Waals surface area contributed by atoms with Crippen molar-refractivity contribution in [3.05, 3.63) is 28.7 Å². The van der Waals surface area contributed by atoms with Gasteiger partial charge in [0.2, 0.25) is 5.91 Å². The summed E-state index contributed by atoms with van der Waals surface area (Å²) in [4.78, 5) is 21.8. The first-order chi connectivity index (χ1) is 13.5. The Labute approximate surface area is 167 Å². The minimum atomic E-state index is 0.274. The molecule has 4 rings (SSSR count). The zero-order chi connectivity index (χ0) is 19.8. The van der Waals surface area contributed by atoms with E-state index in [0.29, 0.717) is 18.5 Å². The molecular weight excluding hydrogens is 350 g/mol. The number of carbonyl (C=O) groups is 1. The van der Waals surface area contributed by atoms with Crippen molar-refractivity contribution in [3.63, 3.8) is 0 Å². The Morgan fingerprint density at radius 3 is 2.64 bits per heavy atom. The molecule has 0 spiro atoms. The number of rotatable bonds is 5. The first kappa shape index (κ1) is 19.4. The lowest BCUT2D eigenvalue weighted by atomic mass is 10.1. The van der Waals surface area contributed by atoms with E-state index in [4.69, 9.17) is 10.1 Å². The number of aromatic nitrogens is 3. The second-order valence-electron chi connectivity index (χ2n) is 8.68. The number of likely N-dealkylation sites (tertiary alicyclic amines) is 2. The molecule has 0 aromatic carbocycles. The van der Waals surface area contributed by atoms with Gasteiger partial charge in [0.25, 0.3) is 0 Å². The zero-order valence-electron chi connectivity index (χ0n) is 17.7. The summed E-state index contributed by atoms with van der Waals surface area (Å²) in [5.41, 5.74) is 5.37. The van der Waals surface area contributed by atoms with Gasteiger partial charge in [-0.1, -0.05) is 0 Å². The standard InChI is InChI=1S/C22H33N5O/c1-15(2)26-13-7-8-20(26)19-14-21-23-16(3)18(17(4)27(21)24-19)9-10-22(28)25-11-5-6-12-25/h14-15,20H,5-13H2,1-4H3/t20-/m1/s1. The molecule has 6 heteroatoms. The molecule has 0 aliphatic carbocycles. The minimum Gasteiger partial charge on any atom is -0.343 e. The molecule has 2 aromatic heterocycles. The van der Waals surface area contributed by atoms with Crippen LogP contribution < -0.4 is 0 Å². The summed E-state index contributed by atoms with van der Waals surface area (Å²) >= 11 is 0. The highest BCUT2D eigenvalue weighted by atomic mass is 16.2. The number of amides is 1. The normalized spacial score (nSPS) is 20.8. The SMILES string of the molecule is Cc1nc2cc([C@H]3CCCN3C(C)C)nn2c(C)c1CCC(=O)N1CCCC1. The number of fused-ring (bicyclic) bond motifs is 1. The van der Waals surface area contributed by atoms with Crippen LogP contribution in [0.3, 0.4) is 0 Å². The van der Waals surface area contributed by atoms with Crippen LogP contribution in [0.2, 0.25) is 0 Å². The lowest BCUT2D eigenvalue weighted by molar-refractivity contribution is -0.130. The molecule has 1 atom stereocenters. The maximum Gasteiger partial charge on any atom is 0.222 e. The molecule has 1 amide bonds. The van der Waals surface area contributed by atoms with E-state index in [0.717, 1.165) is 68.0 Å². The van der Waals surface area contributed by atoms with Crippen molar-refractivity contribution in [2.24, 2.45) is 0 Å². The Morgan fingerprint density at radius 2 is 1.93 bits per heavy atom. The molecule has 2 aliphatic heterocycles. The number of hydrogen-bond acceptors (Lipinski definition) is 4. The van der Waals surface area contributed by atoms with Crippen LogP contribution in [0.25, 0.3) is 5.65 Å². The van der Waals surface area contributed by atoms with E-state index in [1.54, 1.807) is 0 Å². The molecular formula is C22H33N5O. The third-order valence-corrected chi connectivity index (χ3v) is 6.53. The molecule has 0 saturated carbocycles. The number of aryl methyl sites for hydroxylation is 2. The zero-order valence-corrected chi connectivity index (χ0v) is 17.7. The van der Waals surface area contributed by atoms with Gasteiger partial charge in [0.15, 0.2) is 5.65 Å². The van der Waals surface area contributed by atoms with Crippen molar-refractivity contribution in [2.45, 2.75) is 78.3 Å². The predicted molar refractivity (Wildman–Crippen MR) is 110 cm³/mol. The molecule has 0 unspecified atom stereocenters. The molecule has 2 aliphatic rings. The van der Waals surface area contributed by atoms with Crippen LogP contribution in [0.5, 0.6) is 0 Å². The minimum absolute atomic E-state index is 0.274. The maximum atomic E-state index is 12.5. The Hall–Kier alpha value is -1.95. The summed E-state index contributed by atoms with van der Waals surface area (Å²) in [7, 11) is 0. The van der Waals surface area contributed by atoms with Gasteiger partial charge in [-0.2, -0.15) is 5.10 Å². The third kappa shape index (κ3) is 3.54. The summed E-state index contributed by atoms with van der Waals surface area (Å²) in [5.74, 6) is 0.274. The predicted octanol–water partition coefficient (Wildman–Crippen LogP) is 3.45. The fourth-order valence-electron chi connectivity index (χ4n) is 4.95. The Morgan fingerprint density at radius 1 is 1.18 bits per heavy atom. The van der Waals surface area contributed by atoms with Crippen LogP contribution in [-0.2, 0) is 11.2 Å². The van der Waals surface area contributed by atoms with Crippen LogP contribution in [0, 0.1) is 13.8 Å². The van der Waals surface area contributed by atoms with Crippen molar-refractivity contribution < 1.29 is 4.79 Å². The van der Waals surface area contributed by atoms with E-state index < -0.39 is 0 Å². The first-order valence-electron chi connectivity index (χ1n) is 10.8. The van der Waals surface area contributed by atoms with E-state index in [-0.39, 0.29) is 5.91 Å². The lowest BCUT2D eigenvalue weighted by Gasteiger charge is -2.26. The van der Waals surface area contributed by atoms with Gasteiger partial charge in [0.1, 0.15) is 0 Å². The fourth-order valence-corrected chi connectivity index (χ4v) is 4.95. The Kier molecular flexibility index (Phi) is 5.41. The molecule has 28 heavy (non-hydrogen) atoms. The van der Waals surface area contributed by atoms with Crippen molar-refractivity contribution in [2.75, 3.05) is 19.6 Å². The van der Waals surface area contributed by atoms with Gasteiger partial charge in [-0.25, -0.2) is 9.50 Å². The van der Waals surface area contributed by atoms with Crippen molar-refractivity contribution >= 4 is 11.6 Å². The topological polar surface area (TPSA) is 53.7 Å². The smallest absolute Gasteiger partial charge is 0.222 e. The largest absolute Gasteiger partial charge is 0.343 e. The molecule has 2 fully saturated rings. The monoisotopic (exact) mass is 383 g/mol. The molecule has 6 nitrogen and oxygen atoms in total. The Balaban J connectivity index is 1.58. The summed E-state index contributed by atoms with van der Waals surface area (Å²) < 4.78 is 1.99. The third-order valence-electron chi connectivity index (χ3n) is 6.53. The van der Waals surface area contributed by atoms with E-state index in [2.05, 4.69) is 38.7 Å². The second-order valence-corrected chi connectivity index (χ2v) is 8.68. The van der Waals surface area contributed by atoms with Gasteiger partial charge < -0.3 is 4.90 Å². The van der Waals surface area contributed by atoms with Crippen LogP contribution in [0.15, 0.2) is 6.07 Å². The molecule has 2 aromatic rings. The highest BCUT2D eigenvalue weighted by molar-refractivity contribution is 5.76. The summed E-state index contributed by atoms with van der Waals surface area (Å²) in [6.45, 7) is 11.7. The van der Waals surface area contributed by atoms with Gasteiger partial charge in [-0.05, 0) is 71.9 Å². The van der Waals surface area contributed by atoms with Crippen LogP contribution in [-0.4, -0.2) is 56.0 Å². The van der Waals surface area contributed by atoms with Gasteiger partial charge >= 0.3 is 0 Å². The maximum absolute atomic E-state index is 12.5. The van der Waals surface area contributed by atoms with Crippen molar-refractivity contribution in [1.82, 2.24) is 24.4 Å². The highest BCUT2D eigenvalue weighted by Crippen LogP contribution is 2.33. The summed E-state index contributed by atoms with van der Waals surface area (Å²) in [5, 5.41) is 4.95. The van der Waals surface area contributed by atoms with E-state index in [1.165, 1.54) is 12.0 Å². The fraction of sp³-hybridized carbons (Fsp3) is 0.682. The summed E-state index contributed by atoms with van der Waals surface area (Å²) in [6, 6.07) is 3.08. The number of hydrogen-bond donors (Lipinski definition) is 0. The average Bonchev–Trinajstić information content (AvgIpc) is 3.40. The van der Waals surface area contributed by atoms with Crippen molar-refractivity contribution in [1.29, 1.82) is 0 Å². The number of carbonyl (C=O) groups excluding carboxylic acids is 1. The number of nitrogens with zero attached hydrogens (tertiary/aromatic N) is 5. The van der Waals surface area contributed by atoms with Gasteiger partial charge in [0.05, 0.1) is 11.7 Å². The lowest BCUT2D eigenvalue weighted by Crippen LogP contribution is -2.30. The van der Waals surface area contributed by atoms with Gasteiger partial charge in [-0.3, -0.25) is 9.69 Å². The quantitative estimate of drug-likeness (QED) is 0.794.